The first kappa shape index (κ1) is 13.5. The number of unbranched alkanes of at least 4 members (excludes halogenated alkanes) is 1. The first-order valence-corrected chi connectivity index (χ1v) is 6.51. The molecule has 0 unspecified atom stereocenters. The van der Waals surface area contributed by atoms with E-state index in [-0.39, 0.29) is 0 Å². The molecule has 0 saturated heterocycles. The SMILES string of the molecule is CC(C)CNCCCCc1ccc(Cl)cc1. The standard InChI is InChI=1S/C14H22ClN/c1-12(2)11-16-10-4-3-5-13-6-8-14(15)9-7-13/h6-9,12,16H,3-5,10-11H2,1-2H3. The van der Waals surface area contributed by atoms with Crippen molar-refractivity contribution < 1.29 is 0 Å². The second-order valence-corrected chi connectivity index (χ2v) is 5.12. The Hall–Kier alpha value is -0.530. The summed E-state index contributed by atoms with van der Waals surface area (Å²) in [6, 6.07) is 8.16. The van der Waals surface area contributed by atoms with Crippen molar-refractivity contribution in [2.45, 2.75) is 33.1 Å². The van der Waals surface area contributed by atoms with Gasteiger partial charge < -0.3 is 5.32 Å². The van der Waals surface area contributed by atoms with Gasteiger partial charge in [-0.2, -0.15) is 0 Å². The second-order valence-electron chi connectivity index (χ2n) is 4.68. The monoisotopic (exact) mass is 239 g/mol. The van der Waals surface area contributed by atoms with E-state index in [1.54, 1.807) is 0 Å². The van der Waals surface area contributed by atoms with E-state index >= 15 is 0 Å². The summed E-state index contributed by atoms with van der Waals surface area (Å²) in [6.45, 7) is 6.73. The molecule has 0 amide bonds. The van der Waals surface area contributed by atoms with Crippen molar-refractivity contribution in [1.29, 1.82) is 0 Å². The van der Waals surface area contributed by atoms with E-state index in [0.29, 0.717) is 0 Å². The first-order chi connectivity index (χ1) is 7.68. The Labute approximate surface area is 104 Å². The van der Waals surface area contributed by atoms with Crippen molar-refractivity contribution >= 4 is 11.6 Å². The third-order valence-corrected chi connectivity index (χ3v) is 2.79. The second kappa shape index (κ2) is 7.70. The highest BCUT2D eigenvalue weighted by atomic mass is 35.5. The van der Waals surface area contributed by atoms with Gasteiger partial charge in [-0.15, -0.1) is 0 Å². The fourth-order valence-electron chi connectivity index (χ4n) is 1.62. The number of hydrogen-bond donors (Lipinski definition) is 1. The number of halogens is 1. The van der Waals surface area contributed by atoms with E-state index in [2.05, 4.69) is 31.3 Å². The number of hydrogen-bond acceptors (Lipinski definition) is 1. The van der Waals surface area contributed by atoms with Crippen molar-refractivity contribution in [3.05, 3.63) is 34.9 Å². The molecule has 0 bridgehead atoms. The van der Waals surface area contributed by atoms with Gasteiger partial charge in [-0.3, -0.25) is 0 Å². The van der Waals surface area contributed by atoms with Crippen molar-refractivity contribution in [1.82, 2.24) is 5.32 Å². The number of benzene rings is 1. The van der Waals surface area contributed by atoms with Gasteiger partial charge in [-0.05, 0) is 56.0 Å². The highest BCUT2D eigenvalue weighted by Gasteiger charge is 1.95. The predicted molar refractivity (Wildman–Crippen MR) is 72.1 cm³/mol. The maximum absolute atomic E-state index is 5.83. The maximum atomic E-state index is 5.83. The Kier molecular flexibility index (Phi) is 6.51. The average molecular weight is 240 g/mol. The van der Waals surface area contributed by atoms with Crippen molar-refractivity contribution in [2.24, 2.45) is 5.92 Å². The van der Waals surface area contributed by atoms with Crippen LogP contribution in [-0.4, -0.2) is 13.1 Å². The summed E-state index contributed by atoms with van der Waals surface area (Å²) < 4.78 is 0. The molecule has 16 heavy (non-hydrogen) atoms. The minimum absolute atomic E-state index is 0.747. The minimum atomic E-state index is 0.747. The van der Waals surface area contributed by atoms with Gasteiger partial charge in [-0.1, -0.05) is 37.6 Å². The van der Waals surface area contributed by atoms with Gasteiger partial charge >= 0.3 is 0 Å². The Bertz CT molecular complexity index is 279. The van der Waals surface area contributed by atoms with Gasteiger partial charge in [0.15, 0.2) is 0 Å². The van der Waals surface area contributed by atoms with E-state index < -0.39 is 0 Å². The molecular weight excluding hydrogens is 218 g/mol. The van der Waals surface area contributed by atoms with Crippen LogP contribution in [0, 0.1) is 5.92 Å². The molecule has 0 heterocycles. The normalized spacial score (nSPS) is 11.0. The zero-order valence-corrected chi connectivity index (χ0v) is 11.1. The highest BCUT2D eigenvalue weighted by Crippen LogP contribution is 2.11. The van der Waals surface area contributed by atoms with Crippen LogP contribution in [0.15, 0.2) is 24.3 Å². The Morgan fingerprint density at radius 2 is 1.81 bits per heavy atom. The lowest BCUT2D eigenvalue weighted by Crippen LogP contribution is -2.20. The van der Waals surface area contributed by atoms with Crippen LogP contribution in [0.25, 0.3) is 0 Å². The third kappa shape index (κ3) is 6.14. The quantitative estimate of drug-likeness (QED) is 0.712. The summed E-state index contributed by atoms with van der Waals surface area (Å²) >= 11 is 5.83. The van der Waals surface area contributed by atoms with Crippen LogP contribution in [0.2, 0.25) is 5.02 Å². The van der Waals surface area contributed by atoms with E-state index in [4.69, 9.17) is 11.6 Å². The molecule has 0 aliphatic rings. The lowest BCUT2D eigenvalue weighted by atomic mass is 10.1. The molecule has 0 aliphatic heterocycles. The van der Waals surface area contributed by atoms with Crippen LogP contribution < -0.4 is 5.32 Å². The summed E-state index contributed by atoms with van der Waals surface area (Å²) in [5.41, 5.74) is 1.38. The summed E-state index contributed by atoms with van der Waals surface area (Å²) in [6.07, 6.45) is 3.64. The smallest absolute Gasteiger partial charge is 0.0406 e. The van der Waals surface area contributed by atoms with Crippen LogP contribution >= 0.6 is 11.6 Å². The molecule has 1 aromatic carbocycles. The van der Waals surface area contributed by atoms with E-state index in [1.165, 1.54) is 18.4 Å². The first-order valence-electron chi connectivity index (χ1n) is 6.13. The summed E-state index contributed by atoms with van der Waals surface area (Å²) in [5, 5.41) is 4.28. The molecule has 0 aromatic heterocycles. The lowest BCUT2D eigenvalue weighted by Gasteiger charge is -2.07. The third-order valence-electron chi connectivity index (χ3n) is 2.53. The number of rotatable bonds is 7. The number of nitrogens with one attached hydrogen (secondary N) is 1. The fraction of sp³-hybridized carbons (Fsp3) is 0.571. The predicted octanol–water partition coefficient (Wildman–Crippen LogP) is 3.91. The average Bonchev–Trinajstić information content (AvgIpc) is 2.25. The van der Waals surface area contributed by atoms with Crippen molar-refractivity contribution in [3.63, 3.8) is 0 Å². The van der Waals surface area contributed by atoms with Gasteiger partial charge in [0.25, 0.3) is 0 Å². The molecule has 1 aromatic rings. The summed E-state index contributed by atoms with van der Waals surface area (Å²) in [4.78, 5) is 0. The van der Waals surface area contributed by atoms with Crippen LogP contribution in [0.1, 0.15) is 32.3 Å². The van der Waals surface area contributed by atoms with Gasteiger partial charge in [0.2, 0.25) is 0 Å². The van der Waals surface area contributed by atoms with E-state index in [0.717, 1.165) is 30.5 Å². The Morgan fingerprint density at radius 3 is 2.44 bits per heavy atom. The molecule has 0 saturated carbocycles. The van der Waals surface area contributed by atoms with Crippen molar-refractivity contribution in [2.75, 3.05) is 13.1 Å². The largest absolute Gasteiger partial charge is 0.316 e. The number of aryl methyl sites for hydroxylation is 1. The highest BCUT2D eigenvalue weighted by molar-refractivity contribution is 6.30. The fourth-order valence-corrected chi connectivity index (χ4v) is 1.75. The topological polar surface area (TPSA) is 12.0 Å². The van der Waals surface area contributed by atoms with Gasteiger partial charge in [0.1, 0.15) is 0 Å². The van der Waals surface area contributed by atoms with Crippen LogP contribution in [0.5, 0.6) is 0 Å². The lowest BCUT2D eigenvalue weighted by molar-refractivity contribution is 0.535. The zero-order valence-electron chi connectivity index (χ0n) is 10.3. The summed E-state index contributed by atoms with van der Waals surface area (Å²) in [7, 11) is 0. The summed E-state index contributed by atoms with van der Waals surface area (Å²) in [5.74, 6) is 0.747. The molecule has 0 fully saturated rings. The molecule has 1 nitrogen and oxygen atoms in total. The van der Waals surface area contributed by atoms with Gasteiger partial charge in [-0.25, -0.2) is 0 Å². The van der Waals surface area contributed by atoms with Gasteiger partial charge in [0, 0.05) is 5.02 Å². The molecular formula is C14H22ClN. The molecule has 0 radical (unpaired) electrons. The Balaban J connectivity index is 2.05. The molecule has 2 heteroatoms. The van der Waals surface area contributed by atoms with Gasteiger partial charge in [0.05, 0.1) is 0 Å². The molecule has 1 rings (SSSR count). The van der Waals surface area contributed by atoms with E-state index in [9.17, 15) is 0 Å². The van der Waals surface area contributed by atoms with Crippen LogP contribution in [-0.2, 0) is 6.42 Å². The van der Waals surface area contributed by atoms with Crippen LogP contribution in [0.4, 0.5) is 0 Å². The minimum Gasteiger partial charge on any atom is -0.316 e. The zero-order chi connectivity index (χ0) is 11.8. The Morgan fingerprint density at radius 1 is 1.12 bits per heavy atom. The molecule has 1 N–H and O–H groups in total. The molecule has 0 aliphatic carbocycles. The molecule has 0 spiro atoms. The van der Waals surface area contributed by atoms with Crippen molar-refractivity contribution in [3.8, 4) is 0 Å². The van der Waals surface area contributed by atoms with E-state index in [1.807, 2.05) is 12.1 Å². The van der Waals surface area contributed by atoms with Crippen LogP contribution in [0.3, 0.4) is 0 Å². The molecule has 0 atom stereocenters. The molecule has 90 valence electrons. The maximum Gasteiger partial charge on any atom is 0.0406 e.